The van der Waals surface area contributed by atoms with Crippen LogP contribution in [0.1, 0.15) is 32.8 Å². The average Bonchev–Trinajstić information content (AvgIpc) is 2.36. The van der Waals surface area contributed by atoms with Crippen molar-refractivity contribution in [2.45, 2.75) is 51.3 Å². The van der Waals surface area contributed by atoms with Gasteiger partial charge in [0.2, 0.25) is 0 Å². The van der Waals surface area contributed by atoms with Gasteiger partial charge in [0.15, 0.2) is 0 Å². The minimum atomic E-state index is -0.724. The summed E-state index contributed by atoms with van der Waals surface area (Å²) in [6.45, 7) is 6.72. The SMILES string of the molecule is CC(C)NCC(C)(O)C1CCc2ccccc2N1. The van der Waals surface area contributed by atoms with Crippen LogP contribution < -0.4 is 10.6 Å². The molecule has 3 nitrogen and oxygen atoms in total. The number of hydrogen-bond acceptors (Lipinski definition) is 3. The van der Waals surface area contributed by atoms with E-state index in [1.807, 2.05) is 13.0 Å². The van der Waals surface area contributed by atoms with Gasteiger partial charge in [-0.15, -0.1) is 0 Å². The zero-order valence-corrected chi connectivity index (χ0v) is 11.5. The van der Waals surface area contributed by atoms with E-state index in [2.05, 4.69) is 42.7 Å². The van der Waals surface area contributed by atoms with Crippen molar-refractivity contribution in [1.82, 2.24) is 5.32 Å². The lowest BCUT2D eigenvalue weighted by Crippen LogP contribution is -2.53. The largest absolute Gasteiger partial charge is 0.387 e. The molecule has 1 heterocycles. The van der Waals surface area contributed by atoms with Gasteiger partial charge in [-0.25, -0.2) is 0 Å². The highest BCUT2D eigenvalue weighted by atomic mass is 16.3. The maximum absolute atomic E-state index is 10.6. The molecule has 1 aliphatic rings. The second-order valence-electron chi connectivity index (χ2n) is 5.79. The standard InChI is InChI=1S/C15H24N2O/c1-11(2)16-10-15(3,18)14-9-8-12-6-4-5-7-13(12)17-14/h4-7,11,14,16-18H,8-10H2,1-3H3. The zero-order chi connectivity index (χ0) is 13.2. The van der Waals surface area contributed by atoms with E-state index >= 15 is 0 Å². The number of nitrogens with one attached hydrogen (secondary N) is 2. The lowest BCUT2D eigenvalue weighted by atomic mass is 9.87. The number of fused-ring (bicyclic) bond motifs is 1. The predicted octanol–water partition coefficient (Wildman–Crippen LogP) is 2.16. The summed E-state index contributed by atoms with van der Waals surface area (Å²) in [5, 5.41) is 17.4. The van der Waals surface area contributed by atoms with Crippen molar-refractivity contribution in [1.29, 1.82) is 0 Å². The highest BCUT2D eigenvalue weighted by Crippen LogP contribution is 2.28. The summed E-state index contributed by atoms with van der Waals surface area (Å²) in [5.41, 5.74) is 1.79. The summed E-state index contributed by atoms with van der Waals surface area (Å²) in [4.78, 5) is 0. The molecule has 2 rings (SSSR count). The Bertz CT molecular complexity index is 401. The molecule has 0 bridgehead atoms. The molecule has 0 radical (unpaired) electrons. The lowest BCUT2D eigenvalue weighted by Gasteiger charge is -2.38. The molecule has 0 spiro atoms. The number of anilines is 1. The van der Waals surface area contributed by atoms with Crippen LogP contribution in [0.2, 0.25) is 0 Å². The first-order valence-corrected chi connectivity index (χ1v) is 6.79. The molecule has 0 saturated carbocycles. The van der Waals surface area contributed by atoms with Crippen LogP contribution in [-0.2, 0) is 6.42 Å². The van der Waals surface area contributed by atoms with Gasteiger partial charge in [-0.1, -0.05) is 32.0 Å². The molecular weight excluding hydrogens is 224 g/mol. The van der Waals surface area contributed by atoms with Crippen molar-refractivity contribution in [2.75, 3.05) is 11.9 Å². The third kappa shape index (κ3) is 3.03. The van der Waals surface area contributed by atoms with Gasteiger partial charge in [-0.2, -0.15) is 0 Å². The van der Waals surface area contributed by atoms with Crippen LogP contribution in [-0.4, -0.2) is 29.3 Å². The molecular formula is C15H24N2O. The van der Waals surface area contributed by atoms with Crippen molar-refractivity contribution < 1.29 is 5.11 Å². The molecule has 0 aliphatic carbocycles. The molecule has 100 valence electrons. The second-order valence-corrected chi connectivity index (χ2v) is 5.79. The summed E-state index contributed by atoms with van der Waals surface area (Å²) in [7, 11) is 0. The normalized spacial score (nSPS) is 22.2. The van der Waals surface area contributed by atoms with E-state index in [0.29, 0.717) is 12.6 Å². The fourth-order valence-electron chi connectivity index (χ4n) is 2.44. The van der Waals surface area contributed by atoms with Crippen molar-refractivity contribution >= 4 is 5.69 Å². The Balaban J connectivity index is 2.03. The molecule has 2 unspecified atom stereocenters. The number of para-hydroxylation sites is 1. The zero-order valence-electron chi connectivity index (χ0n) is 11.5. The van der Waals surface area contributed by atoms with Gasteiger partial charge >= 0.3 is 0 Å². The first-order valence-electron chi connectivity index (χ1n) is 6.79. The van der Waals surface area contributed by atoms with Crippen LogP contribution >= 0.6 is 0 Å². The summed E-state index contributed by atoms with van der Waals surface area (Å²) < 4.78 is 0. The van der Waals surface area contributed by atoms with E-state index in [1.165, 1.54) is 11.3 Å². The van der Waals surface area contributed by atoms with Gasteiger partial charge in [0.1, 0.15) is 0 Å². The predicted molar refractivity (Wildman–Crippen MR) is 75.9 cm³/mol. The van der Waals surface area contributed by atoms with Crippen LogP contribution in [0.5, 0.6) is 0 Å². The maximum Gasteiger partial charge on any atom is 0.0943 e. The Morgan fingerprint density at radius 1 is 1.44 bits per heavy atom. The Hall–Kier alpha value is -1.06. The maximum atomic E-state index is 10.6. The van der Waals surface area contributed by atoms with Gasteiger partial charge in [-0.3, -0.25) is 0 Å². The molecule has 0 fully saturated rings. The Labute approximate surface area is 110 Å². The van der Waals surface area contributed by atoms with Gasteiger partial charge in [-0.05, 0) is 31.4 Å². The smallest absolute Gasteiger partial charge is 0.0943 e. The van der Waals surface area contributed by atoms with E-state index in [9.17, 15) is 5.11 Å². The van der Waals surface area contributed by atoms with Crippen LogP contribution in [0.15, 0.2) is 24.3 Å². The minimum absolute atomic E-state index is 0.110. The molecule has 0 amide bonds. The van der Waals surface area contributed by atoms with E-state index < -0.39 is 5.60 Å². The van der Waals surface area contributed by atoms with Gasteiger partial charge < -0.3 is 15.7 Å². The number of benzene rings is 1. The third-order valence-corrected chi connectivity index (χ3v) is 3.67. The van der Waals surface area contributed by atoms with Gasteiger partial charge in [0.25, 0.3) is 0 Å². The van der Waals surface area contributed by atoms with Crippen LogP contribution in [0.3, 0.4) is 0 Å². The van der Waals surface area contributed by atoms with E-state index in [1.54, 1.807) is 0 Å². The highest BCUT2D eigenvalue weighted by Gasteiger charge is 2.33. The number of aryl methyl sites for hydroxylation is 1. The minimum Gasteiger partial charge on any atom is -0.387 e. The fourth-order valence-corrected chi connectivity index (χ4v) is 2.44. The fraction of sp³-hybridized carbons (Fsp3) is 0.600. The van der Waals surface area contributed by atoms with Crippen molar-refractivity contribution in [3.63, 3.8) is 0 Å². The third-order valence-electron chi connectivity index (χ3n) is 3.67. The summed E-state index contributed by atoms with van der Waals surface area (Å²) in [5.74, 6) is 0. The van der Waals surface area contributed by atoms with Crippen LogP contribution in [0.4, 0.5) is 5.69 Å². The molecule has 1 aliphatic heterocycles. The summed E-state index contributed by atoms with van der Waals surface area (Å²) >= 11 is 0. The Morgan fingerprint density at radius 2 is 2.17 bits per heavy atom. The van der Waals surface area contributed by atoms with E-state index in [4.69, 9.17) is 0 Å². The Morgan fingerprint density at radius 3 is 2.89 bits per heavy atom. The average molecular weight is 248 g/mol. The first kappa shape index (κ1) is 13.4. The van der Waals surface area contributed by atoms with Crippen LogP contribution in [0.25, 0.3) is 0 Å². The van der Waals surface area contributed by atoms with Crippen molar-refractivity contribution in [3.05, 3.63) is 29.8 Å². The van der Waals surface area contributed by atoms with Crippen molar-refractivity contribution in [2.24, 2.45) is 0 Å². The molecule has 18 heavy (non-hydrogen) atoms. The molecule has 3 heteroatoms. The molecule has 2 atom stereocenters. The molecule has 3 N–H and O–H groups in total. The topological polar surface area (TPSA) is 44.3 Å². The summed E-state index contributed by atoms with van der Waals surface area (Å²) in [6, 6.07) is 8.85. The van der Waals surface area contributed by atoms with E-state index in [-0.39, 0.29) is 6.04 Å². The van der Waals surface area contributed by atoms with Crippen LogP contribution in [0, 0.1) is 0 Å². The van der Waals surface area contributed by atoms with E-state index in [0.717, 1.165) is 12.8 Å². The molecule has 1 aromatic rings. The molecule has 1 aromatic carbocycles. The lowest BCUT2D eigenvalue weighted by molar-refractivity contribution is 0.0344. The second kappa shape index (κ2) is 5.29. The molecule has 0 saturated heterocycles. The van der Waals surface area contributed by atoms with Gasteiger partial charge in [0.05, 0.1) is 11.6 Å². The summed E-state index contributed by atoms with van der Waals surface area (Å²) in [6.07, 6.45) is 2.01. The molecule has 0 aromatic heterocycles. The monoisotopic (exact) mass is 248 g/mol. The number of hydrogen-bond donors (Lipinski definition) is 3. The van der Waals surface area contributed by atoms with Crippen molar-refractivity contribution in [3.8, 4) is 0 Å². The quantitative estimate of drug-likeness (QED) is 0.765. The highest BCUT2D eigenvalue weighted by molar-refractivity contribution is 5.54. The Kier molecular flexibility index (Phi) is 3.93. The number of aliphatic hydroxyl groups is 1. The van der Waals surface area contributed by atoms with Gasteiger partial charge in [0, 0.05) is 18.3 Å². The first-order chi connectivity index (χ1) is 8.49. The number of rotatable bonds is 4.